The number of carbonyl (C=O) groups is 1. The molecule has 0 saturated carbocycles. The van der Waals surface area contributed by atoms with Gasteiger partial charge in [0.15, 0.2) is 0 Å². The molecule has 4 nitrogen and oxygen atoms in total. The van der Waals surface area contributed by atoms with Crippen molar-refractivity contribution < 1.29 is 35.2 Å². The molecule has 0 fully saturated rings. The Morgan fingerprint density at radius 3 is 2.12 bits per heavy atom. The van der Waals surface area contributed by atoms with Crippen molar-refractivity contribution in [3.05, 3.63) is 54.1 Å². The number of para-hydroxylation sites is 1. The minimum atomic E-state index is -5.52. The van der Waals surface area contributed by atoms with Gasteiger partial charge in [-0.1, -0.05) is 23.9 Å². The molecule has 0 heterocycles. The second kappa shape index (κ2) is 7.62. The number of benzene rings is 2. The summed E-state index contributed by atoms with van der Waals surface area (Å²) in [7, 11) is -5.52. The molecular formula is C15H10F5NO3S2. The minimum Gasteiger partial charge on any atom is -0.321 e. The summed E-state index contributed by atoms with van der Waals surface area (Å²) in [6.45, 7) is 0. The molecular weight excluding hydrogens is 401 g/mol. The van der Waals surface area contributed by atoms with Gasteiger partial charge in [-0.3, -0.25) is 4.79 Å². The predicted octanol–water partition coefficient (Wildman–Crippen LogP) is 4.55. The van der Waals surface area contributed by atoms with Crippen molar-refractivity contribution in [3.8, 4) is 0 Å². The summed E-state index contributed by atoms with van der Waals surface area (Å²) in [5.41, 5.74) is -5.50. The average molecular weight is 411 g/mol. The van der Waals surface area contributed by atoms with Crippen molar-refractivity contribution in [3.63, 3.8) is 0 Å². The Balaban J connectivity index is 2.22. The van der Waals surface area contributed by atoms with Crippen LogP contribution in [-0.2, 0) is 9.84 Å². The number of thioether (sulfide) groups is 1. The third-order valence-electron chi connectivity index (χ3n) is 3.08. The van der Waals surface area contributed by atoms with E-state index in [0.717, 1.165) is 12.1 Å². The van der Waals surface area contributed by atoms with E-state index in [2.05, 4.69) is 5.32 Å². The van der Waals surface area contributed by atoms with Gasteiger partial charge in [0.25, 0.3) is 21.5 Å². The Bertz CT molecular complexity index is 896. The Kier molecular flexibility index (Phi) is 5.91. The third-order valence-corrected chi connectivity index (χ3v) is 5.37. The molecule has 1 amide bonds. The molecule has 0 aliphatic carbocycles. The van der Waals surface area contributed by atoms with E-state index in [9.17, 15) is 35.2 Å². The number of amides is 1. The van der Waals surface area contributed by atoms with Crippen molar-refractivity contribution in [1.82, 2.24) is 0 Å². The molecule has 1 N–H and O–H groups in total. The van der Waals surface area contributed by atoms with Gasteiger partial charge >= 0.3 is 5.51 Å². The second-order valence-electron chi connectivity index (χ2n) is 4.80. The van der Waals surface area contributed by atoms with Gasteiger partial charge in [-0.15, -0.1) is 0 Å². The first kappa shape index (κ1) is 20.2. The van der Waals surface area contributed by atoms with Crippen LogP contribution in [0.5, 0.6) is 0 Å². The van der Waals surface area contributed by atoms with Crippen molar-refractivity contribution in [1.29, 1.82) is 0 Å². The van der Waals surface area contributed by atoms with E-state index in [4.69, 9.17) is 0 Å². The number of hydrogen-bond donors (Lipinski definition) is 1. The van der Waals surface area contributed by atoms with Crippen LogP contribution in [0.3, 0.4) is 0 Å². The zero-order valence-corrected chi connectivity index (χ0v) is 14.3. The van der Waals surface area contributed by atoms with Crippen LogP contribution in [-0.4, -0.2) is 25.6 Å². The van der Waals surface area contributed by atoms with Gasteiger partial charge in [0, 0.05) is 10.5 Å². The molecule has 26 heavy (non-hydrogen) atoms. The van der Waals surface area contributed by atoms with Gasteiger partial charge in [-0.25, -0.2) is 8.42 Å². The summed E-state index contributed by atoms with van der Waals surface area (Å²) in [6, 6.07) is 8.85. The van der Waals surface area contributed by atoms with E-state index in [1.165, 1.54) is 24.3 Å². The maximum atomic E-state index is 12.5. The summed E-state index contributed by atoms with van der Waals surface area (Å²) >= 11 is 0.218. The van der Waals surface area contributed by atoms with Crippen molar-refractivity contribution in [2.45, 2.75) is 21.1 Å². The van der Waals surface area contributed by atoms with Crippen LogP contribution >= 0.6 is 11.8 Å². The summed E-state index contributed by atoms with van der Waals surface area (Å²) in [4.78, 5) is 11.2. The lowest BCUT2D eigenvalue weighted by molar-refractivity contribution is -0.0436. The molecule has 0 aromatic heterocycles. The van der Waals surface area contributed by atoms with Crippen LogP contribution in [0.25, 0.3) is 0 Å². The number of hydrogen-bond acceptors (Lipinski definition) is 4. The van der Waals surface area contributed by atoms with Crippen LogP contribution in [0.4, 0.5) is 27.6 Å². The first-order valence-electron chi connectivity index (χ1n) is 6.79. The van der Waals surface area contributed by atoms with Crippen LogP contribution in [0.1, 0.15) is 10.4 Å². The Labute approximate surface area is 149 Å². The molecule has 0 saturated heterocycles. The normalized spacial score (nSPS) is 12.2. The number of carbonyl (C=O) groups excluding carboxylic acids is 1. The lowest BCUT2D eigenvalue weighted by atomic mass is 10.2. The number of sulfone groups is 1. The van der Waals surface area contributed by atoms with E-state index >= 15 is 0 Å². The maximum absolute atomic E-state index is 12.5. The Morgan fingerprint density at radius 2 is 1.58 bits per heavy atom. The highest BCUT2D eigenvalue weighted by Gasteiger charge is 2.46. The molecule has 0 radical (unpaired) electrons. The number of halogens is 5. The standard InChI is InChI=1S/C15H10F5NO3S2/c16-14(17)25-12-4-2-1-3-11(12)21-13(22)9-5-7-10(8-6-9)26(23,24)15(18,19)20/h1-8,14H,(H,21,22). The minimum absolute atomic E-state index is 0.0924. The molecule has 2 aromatic rings. The SMILES string of the molecule is O=C(Nc1ccccc1SC(F)F)c1ccc(S(=O)(=O)C(F)(F)F)cc1. The lowest BCUT2D eigenvalue weighted by Crippen LogP contribution is -2.23. The number of anilines is 1. The highest BCUT2D eigenvalue weighted by molar-refractivity contribution is 7.99. The smallest absolute Gasteiger partial charge is 0.321 e. The van der Waals surface area contributed by atoms with Gasteiger partial charge in [-0.05, 0) is 36.4 Å². The summed E-state index contributed by atoms with van der Waals surface area (Å²) in [6.07, 6.45) is 0. The molecule has 0 atom stereocenters. The zero-order valence-electron chi connectivity index (χ0n) is 12.6. The highest BCUT2D eigenvalue weighted by atomic mass is 32.2. The molecule has 11 heteroatoms. The Hall–Kier alpha value is -2.14. The zero-order chi connectivity index (χ0) is 19.5. The first-order valence-corrected chi connectivity index (χ1v) is 9.15. The summed E-state index contributed by atoms with van der Waals surface area (Å²) in [5.74, 6) is -3.50. The van der Waals surface area contributed by atoms with E-state index in [1.54, 1.807) is 0 Å². The lowest BCUT2D eigenvalue weighted by Gasteiger charge is -2.11. The van der Waals surface area contributed by atoms with E-state index < -0.39 is 31.9 Å². The van der Waals surface area contributed by atoms with Gasteiger partial charge in [-0.2, -0.15) is 22.0 Å². The molecule has 0 spiro atoms. The van der Waals surface area contributed by atoms with Gasteiger partial charge in [0.2, 0.25) is 0 Å². The van der Waals surface area contributed by atoms with Crippen LogP contribution in [0.15, 0.2) is 58.3 Å². The van der Waals surface area contributed by atoms with Gasteiger partial charge in [0.1, 0.15) is 0 Å². The predicted molar refractivity (Wildman–Crippen MR) is 85.9 cm³/mol. The second-order valence-corrected chi connectivity index (χ2v) is 7.78. The molecule has 0 unspecified atom stereocenters. The molecule has 2 rings (SSSR count). The van der Waals surface area contributed by atoms with Crippen LogP contribution in [0, 0.1) is 0 Å². The van der Waals surface area contributed by atoms with Crippen LogP contribution in [0.2, 0.25) is 0 Å². The van der Waals surface area contributed by atoms with E-state index in [0.29, 0.717) is 12.1 Å². The molecule has 140 valence electrons. The molecule has 0 bridgehead atoms. The van der Waals surface area contributed by atoms with Crippen molar-refractivity contribution in [2.75, 3.05) is 5.32 Å². The fraction of sp³-hybridized carbons (Fsp3) is 0.133. The topological polar surface area (TPSA) is 63.2 Å². The highest BCUT2D eigenvalue weighted by Crippen LogP contribution is 2.32. The first-order chi connectivity index (χ1) is 12.0. The largest absolute Gasteiger partial charge is 0.501 e. The fourth-order valence-electron chi connectivity index (χ4n) is 1.88. The average Bonchev–Trinajstić information content (AvgIpc) is 2.55. The summed E-state index contributed by atoms with van der Waals surface area (Å²) in [5, 5.41) is 2.36. The number of nitrogens with one attached hydrogen (secondary N) is 1. The summed E-state index contributed by atoms with van der Waals surface area (Å²) < 4.78 is 85.0. The van der Waals surface area contributed by atoms with Gasteiger partial charge < -0.3 is 5.32 Å². The Morgan fingerprint density at radius 1 is 1.00 bits per heavy atom. The third kappa shape index (κ3) is 4.52. The van der Waals surface area contributed by atoms with E-state index in [1.807, 2.05) is 0 Å². The molecule has 0 aliphatic heterocycles. The van der Waals surface area contributed by atoms with Crippen molar-refractivity contribution >= 4 is 33.2 Å². The molecule has 0 aliphatic rings. The fourth-order valence-corrected chi connectivity index (χ4v) is 3.24. The quantitative estimate of drug-likeness (QED) is 0.579. The number of rotatable bonds is 5. The molecule has 2 aromatic carbocycles. The van der Waals surface area contributed by atoms with Crippen LogP contribution < -0.4 is 5.32 Å². The monoisotopic (exact) mass is 411 g/mol. The maximum Gasteiger partial charge on any atom is 0.501 e. The van der Waals surface area contributed by atoms with E-state index in [-0.39, 0.29) is 27.9 Å². The number of alkyl halides is 5. The van der Waals surface area contributed by atoms with Gasteiger partial charge in [0.05, 0.1) is 10.6 Å². The van der Waals surface area contributed by atoms with Crippen molar-refractivity contribution in [2.24, 2.45) is 0 Å².